The summed E-state index contributed by atoms with van der Waals surface area (Å²) in [6.07, 6.45) is 0. The van der Waals surface area contributed by atoms with Gasteiger partial charge in [0.25, 0.3) is 0 Å². The summed E-state index contributed by atoms with van der Waals surface area (Å²) in [7, 11) is -0.336. The SMILES string of the molecule is Cc1cc(Cl)cc(B2OC(C)(C)C(C)(C)O2)c1. The second-order valence-electron chi connectivity index (χ2n) is 5.65. The van der Waals surface area contributed by atoms with Gasteiger partial charge in [0.1, 0.15) is 0 Å². The molecule has 0 aliphatic carbocycles. The van der Waals surface area contributed by atoms with E-state index >= 15 is 0 Å². The van der Waals surface area contributed by atoms with E-state index < -0.39 is 0 Å². The Morgan fingerprint density at radius 1 is 1.00 bits per heavy atom. The Bertz CT molecular complexity index is 407. The van der Waals surface area contributed by atoms with Crippen molar-refractivity contribution < 1.29 is 9.31 Å². The topological polar surface area (TPSA) is 18.5 Å². The Hall–Kier alpha value is -0.505. The largest absolute Gasteiger partial charge is 0.494 e. The molecule has 2 rings (SSSR count). The van der Waals surface area contributed by atoms with Crippen LogP contribution in [0.25, 0.3) is 0 Å². The molecular weight excluding hydrogens is 234 g/mol. The van der Waals surface area contributed by atoms with Gasteiger partial charge in [-0.3, -0.25) is 0 Å². The zero-order valence-electron chi connectivity index (χ0n) is 11.0. The van der Waals surface area contributed by atoms with E-state index in [0.29, 0.717) is 0 Å². The maximum atomic E-state index is 6.06. The molecule has 17 heavy (non-hydrogen) atoms. The molecule has 1 fully saturated rings. The summed E-state index contributed by atoms with van der Waals surface area (Å²) in [5.74, 6) is 0. The highest BCUT2D eigenvalue weighted by molar-refractivity contribution is 6.62. The molecule has 2 nitrogen and oxygen atoms in total. The van der Waals surface area contributed by atoms with E-state index in [1.54, 1.807) is 0 Å². The second kappa shape index (κ2) is 4.01. The van der Waals surface area contributed by atoms with E-state index in [0.717, 1.165) is 16.0 Å². The molecule has 0 aromatic heterocycles. The fraction of sp³-hybridized carbons (Fsp3) is 0.538. The summed E-state index contributed by atoms with van der Waals surface area (Å²) in [6, 6.07) is 5.88. The smallest absolute Gasteiger partial charge is 0.399 e. The Labute approximate surface area is 108 Å². The molecule has 1 aromatic rings. The van der Waals surface area contributed by atoms with Crippen LogP contribution in [-0.4, -0.2) is 18.3 Å². The molecule has 0 amide bonds. The lowest BCUT2D eigenvalue weighted by Crippen LogP contribution is -2.41. The van der Waals surface area contributed by atoms with E-state index in [1.165, 1.54) is 0 Å². The summed E-state index contributed by atoms with van der Waals surface area (Å²) in [6.45, 7) is 10.2. The average molecular weight is 253 g/mol. The fourth-order valence-electron chi connectivity index (χ4n) is 1.88. The van der Waals surface area contributed by atoms with E-state index in [-0.39, 0.29) is 18.3 Å². The van der Waals surface area contributed by atoms with Gasteiger partial charge in [-0.25, -0.2) is 0 Å². The van der Waals surface area contributed by atoms with Crippen LogP contribution in [0.15, 0.2) is 18.2 Å². The molecular formula is C13H18BClO2. The average Bonchev–Trinajstić information content (AvgIpc) is 2.34. The third kappa shape index (κ3) is 2.37. The second-order valence-corrected chi connectivity index (χ2v) is 6.09. The summed E-state index contributed by atoms with van der Waals surface area (Å²) in [5, 5.41) is 0.717. The lowest BCUT2D eigenvalue weighted by molar-refractivity contribution is 0.00578. The normalized spacial score (nSPS) is 21.9. The van der Waals surface area contributed by atoms with Crippen molar-refractivity contribution in [1.29, 1.82) is 0 Å². The van der Waals surface area contributed by atoms with Crippen LogP contribution in [-0.2, 0) is 9.31 Å². The predicted molar refractivity (Wildman–Crippen MR) is 71.9 cm³/mol. The summed E-state index contributed by atoms with van der Waals surface area (Å²) in [5.41, 5.74) is 1.47. The first-order valence-electron chi connectivity index (χ1n) is 5.84. The van der Waals surface area contributed by atoms with Gasteiger partial charge in [-0.05, 0) is 57.8 Å². The molecule has 0 bridgehead atoms. The third-order valence-electron chi connectivity index (χ3n) is 3.59. The zero-order chi connectivity index (χ0) is 12.8. The van der Waals surface area contributed by atoms with Crippen molar-refractivity contribution in [2.75, 3.05) is 0 Å². The van der Waals surface area contributed by atoms with Crippen LogP contribution in [0.2, 0.25) is 5.02 Å². The van der Waals surface area contributed by atoms with Crippen LogP contribution in [0.4, 0.5) is 0 Å². The molecule has 92 valence electrons. The Kier molecular flexibility index (Phi) is 3.05. The monoisotopic (exact) mass is 252 g/mol. The van der Waals surface area contributed by atoms with Crippen LogP contribution in [0.5, 0.6) is 0 Å². The van der Waals surface area contributed by atoms with Crippen molar-refractivity contribution in [3.63, 3.8) is 0 Å². The molecule has 0 atom stereocenters. The van der Waals surface area contributed by atoms with Crippen molar-refractivity contribution in [3.05, 3.63) is 28.8 Å². The Morgan fingerprint density at radius 2 is 1.53 bits per heavy atom. The van der Waals surface area contributed by atoms with E-state index in [9.17, 15) is 0 Å². The fourth-order valence-corrected chi connectivity index (χ4v) is 2.18. The predicted octanol–water partition coefficient (Wildman–Crippen LogP) is 2.95. The van der Waals surface area contributed by atoms with Crippen LogP contribution in [0.3, 0.4) is 0 Å². The van der Waals surface area contributed by atoms with Gasteiger partial charge in [-0.15, -0.1) is 0 Å². The molecule has 1 aromatic carbocycles. The number of hydrogen-bond acceptors (Lipinski definition) is 2. The maximum absolute atomic E-state index is 6.06. The molecule has 1 aliphatic heterocycles. The van der Waals surface area contributed by atoms with Gasteiger partial charge in [-0.1, -0.05) is 17.7 Å². The van der Waals surface area contributed by atoms with Crippen molar-refractivity contribution >= 4 is 24.2 Å². The van der Waals surface area contributed by atoms with Gasteiger partial charge >= 0.3 is 7.12 Å². The number of hydrogen-bond donors (Lipinski definition) is 0. The van der Waals surface area contributed by atoms with Gasteiger partial charge in [0, 0.05) is 5.02 Å². The molecule has 1 heterocycles. The molecule has 0 N–H and O–H groups in total. The maximum Gasteiger partial charge on any atom is 0.494 e. The van der Waals surface area contributed by atoms with Crippen molar-refractivity contribution in [1.82, 2.24) is 0 Å². The highest BCUT2D eigenvalue weighted by Crippen LogP contribution is 2.36. The number of halogens is 1. The van der Waals surface area contributed by atoms with Crippen molar-refractivity contribution in [3.8, 4) is 0 Å². The standard InChI is InChI=1S/C13H18BClO2/c1-9-6-10(8-11(15)7-9)14-16-12(2,3)13(4,5)17-14/h6-8H,1-5H3. The van der Waals surface area contributed by atoms with Gasteiger partial charge < -0.3 is 9.31 Å². The summed E-state index contributed by atoms with van der Waals surface area (Å²) < 4.78 is 12.0. The minimum atomic E-state index is -0.336. The molecule has 0 saturated carbocycles. The zero-order valence-corrected chi connectivity index (χ0v) is 11.8. The highest BCUT2D eigenvalue weighted by atomic mass is 35.5. The van der Waals surface area contributed by atoms with E-state index in [4.69, 9.17) is 20.9 Å². The Balaban J connectivity index is 2.32. The first-order valence-corrected chi connectivity index (χ1v) is 6.22. The van der Waals surface area contributed by atoms with Crippen LogP contribution >= 0.6 is 11.6 Å². The molecule has 1 aliphatic rings. The third-order valence-corrected chi connectivity index (χ3v) is 3.81. The van der Waals surface area contributed by atoms with Crippen molar-refractivity contribution in [2.24, 2.45) is 0 Å². The number of benzene rings is 1. The molecule has 0 unspecified atom stereocenters. The van der Waals surface area contributed by atoms with Gasteiger partial charge in [0.2, 0.25) is 0 Å². The van der Waals surface area contributed by atoms with Gasteiger partial charge in [0.15, 0.2) is 0 Å². The van der Waals surface area contributed by atoms with E-state index in [2.05, 4.69) is 0 Å². The lowest BCUT2D eigenvalue weighted by atomic mass is 9.78. The van der Waals surface area contributed by atoms with Gasteiger partial charge in [0.05, 0.1) is 11.2 Å². The highest BCUT2D eigenvalue weighted by Gasteiger charge is 2.51. The number of aryl methyl sites for hydroxylation is 1. The Morgan fingerprint density at radius 3 is 2.00 bits per heavy atom. The van der Waals surface area contributed by atoms with Crippen LogP contribution in [0.1, 0.15) is 33.3 Å². The van der Waals surface area contributed by atoms with Crippen LogP contribution in [0, 0.1) is 6.92 Å². The van der Waals surface area contributed by atoms with Gasteiger partial charge in [-0.2, -0.15) is 0 Å². The molecule has 0 radical (unpaired) electrons. The molecule has 1 saturated heterocycles. The summed E-state index contributed by atoms with van der Waals surface area (Å²) in [4.78, 5) is 0. The van der Waals surface area contributed by atoms with E-state index in [1.807, 2.05) is 52.8 Å². The quantitative estimate of drug-likeness (QED) is 0.716. The summed E-state index contributed by atoms with van der Waals surface area (Å²) >= 11 is 6.06. The molecule has 4 heteroatoms. The minimum absolute atomic E-state index is 0.312. The lowest BCUT2D eigenvalue weighted by Gasteiger charge is -2.32. The first-order chi connectivity index (χ1) is 7.71. The molecule has 0 spiro atoms. The van der Waals surface area contributed by atoms with Crippen LogP contribution < -0.4 is 5.46 Å². The number of rotatable bonds is 1. The minimum Gasteiger partial charge on any atom is -0.399 e. The van der Waals surface area contributed by atoms with Crippen molar-refractivity contribution in [2.45, 2.75) is 45.8 Å². The first kappa shape index (κ1) is 12.9.